The number of methoxy groups -OCH3 is 1. The summed E-state index contributed by atoms with van der Waals surface area (Å²) < 4.78 is 29.5. The largest absolute Gasteiger partial charge is 0.493 e. The van der Waals surface area contributed by atoms with Gasteiger partial charge in [0.05, 0.1) is 13.0 Å². The average Bonchev–Trinajstić information content (AvgIpc) is 2.78. The number of nitrogens with one attached hydrogen (secondary N) is 1. The van der Waals surface area contributed by atoms with E-state index in [4.69, 9.17) is 14.2 Å². The van der Waals surface area contributed by atoms with Crippen LogP contribution in [0.1, 0.15) is 62.2 Å². The predicted octanol–water partition coefficient (Wildman–Crippen LogP) is 3.95. The molecule has 2 aromatic rings. The number of benzene rings is 1. The number of aromatic nitrogens is 1. The van der Waals surface area contributed by atoms with Crippen molar-refractivity contribution >= 4 is 17.8 Å². The molecule has 0 fully saturated rings. The lowest BCUT2D eigenvalue weighted by Gasteiger charge is -2.24. The molecule has 0 aliphatic carbocycles. The minimum Gasteiger partial charge on any atom is -0.493 e. The van der Waals surface area contributed by atoms with Crippen molar-refractivity contribution in [1.82, 2.24) is 10.3 Å². The summed E-state index contributed by atoms with van der Waals surface area (Å²) in [5, 5.41) is 2.52. The van der Waals surface area contributed by atoms with Gasteiger partial charge in [0, 0.05) is 18.2 Å². The molecule has 2 rings (SSSR count). The van der Waals surface area contributed by atoms with Crippen LogP contribution in [0, 0.1) is 18.7 Å². The zero-order valence-corrected chi connectivity index (χ0v) is 20.5. The standard InChI is InChI=1S/C25H31FN2O6/c1-13(2)24(30)34-22-20(32-7)10-11-27-21(22)23(29)28-16(5)25(31)33-17(6)15(4)19-9-8-18(26)12-14(19)3/h8-13,15-17H,1-7H3,(H,28,29)/t15-,16+,17+/m1/s1. The Hall–Kier alpha value is -3.49. The van der Waals surface area contributed by atoms with Gasteiger partial charge < -0.3 is 19.5 Å². The summed E-state index contributed by atoms with van der Waals surface area (Å²) in [6.45, 7) is 10.2. The normalized spacial score (nSPS) is 13.6. The molecule has 0 spiro atoms. The molecule has 0 saturated heterocycles. The van der Waals surface area contributed by atoms with Gasteiger partial charge in [0.15, 0.2) is 11.4 Å². The van der Waals surface area contributed by atoms with Crippen LogP contribution < -0.4 is 14.8 Å². The second-order valence-corrected chi connectivity index (χ2v) is 8.39. The van der Waals surface area contributed by atoms with Crippen LogP contribution in [-0.4, -0.2) is 42.1 Å². The Morgan fingerprint density at radius 2 is 1.71 bits per heavy atom. The van der Waals surface area contributed by atoms with Gasteiger partial charge in [0.2, 0.25) is 5.75 Å². The molecule has 8 nitrogen and oxygen atoms in total. The molecule has 0 radical (unpaired) electrons. The molecule has 34 heavy (non-hydrogen) atoms. The maximum absolute atomic E-state index is 13.4. The Morgan fingerprint density at radius 1 is 1.03 bits per heavy atom. The van der Waals surface area contributed by atoms with E-state index in [1.807, 2.05) is 6.92 Å². The van der Waals surface area contributed by atoms with Gasteiger partial charge in [-0.2, -0.15) is 0 Å². The Morgan fingerprint density at radius 3 is 2.29 bits per heavy atom. The molecule has 1 N–H and O–H groups in total. The molecule has 9 heteroatoms. The molecular formula is C25H31FN2O6. The fourth-order valence-corrected chi connectivity index (χ4v) is 3.18. The summed E-state index contributed by atoms with van der Waals surface area (Å²) in [6.07, 6.45) is 0.798. The van der Waals surface area contributed by atoms with E-state index in [-0.39, 0.29) is 28.9 Å². The van der Waals surface area contributed by atoms with E-state index >= 15 is 0 Å². The summed E-state index contributed by atoms with van der Waals surface area (Å²) >= 11 is 0. The van der Waals surface area contributed by atoms with Crippen LogP contribution in [0.2, 0.25) is 0 Å². The Balaban J connectivity index is 2.11. The van der Waals surface area contributed by atoms with Gasteiger partial charge in [0.25, 0.3) is 5.91 Å². The summed E-state index contributed by atoms with van der Waals surface area (Å²) in [7, 11) is 1.37. The van der Waals surface area contributed by atoms with Crippen molar-refractivity contribution in [3.63, 3.8) is 0 Å². The van der Waals surface area contributed by atoms with E-state index in [9.17, 15) is 18.8 Å². The van der Waals surface area contributed by atoms with E-state index in [2.05, 4.69) is 10.3 Å². The van der Waals surface area contributed by atoms with Gasteiger partial charge in [-0.1, -0.05) is 26.8 Å². The van der Waals surface area contributed by atoms with E-state index < -0.39 is 35.9 Å². The number of amides is 1. The third-order valence-corrected chi connectivity index (χ3v) is 5.41. The zero-order chi connectivity index (χ0) is 25.6. The van der Waals surface area contributed by atoms with Gasteiger partial charge in [-0.25, -0.2) is 14.2 Å². The fraction of sp³-hybridized carbons (Fsp3) is 0.440. The van der Waals surface area contributed by atoms with Crippen molar-refractivity contribution in [3.8, 4) is 11.5 Å². The lowest BCUT2D eigenvalue weighted by molar-refractivity contribution is -0.151. The molecule has 0 aliphatic heterocycles. The van der Waals surface area contributed by atoms with Crippen molar-refractivity contribution in [1.29, 1.82) is 0 Å². The monoisotopic (exact) mass is 474 g/mol. The van der Waals surface area contributed by atoms with Gasteiger partial charge in [-0.15, -0.1) is 0 Å². The third-order valence-electron chi connectivity index (χ3n) is 5.41. The summed E-state index contributed by atoms with van der Waals surface area (Å²) in [5.74, 6) is -2.90. The fourth-order valence-electron chi connectivity index (χ4n) is 3.18. The number of hydrogen-bond donors (Lipinski definition) is 1. The second kappa shape index (κ2) is 11.6. The molecule has 0 aliphatic rings. The topological polar surface area (TPSA) is 104 Å². The van der Waals surface area contributed by atoms with Crippen LogP contribution in [0.25, 0.3) is 0 Å². The highest BCUT2D eigenvalue weighted by Gasteiger charge is 2.28. The molecule has 1 heterocycles. The molecule has 3 atom stereocenters. The smallest absolute Gasteiger partial charge is 0.328 e. The van der Waals surface area contributed by atoms with Gasteiger partial charge >= 0.3 is 11.9 Å². The first-order valence-corrected chi connectivity index (χ1v) is 11.0. The van der Waals surface area contributed by atoms with Crippen molar-refractivity contribution in [2.75, 3.05) is 7.11 Å². The summed E-state index contributed by atoms with van der Waals surface area (Å²) in [6, 6.07) is 4.89. The zero-order valence-electron chi connectivity index (χ0n) is 20.5. The lowest BCUT2D eigenvalue weighted by Crippen LogP contribution is -2.41. The number of esters is 2. The number of nitrogens with zero attached hydrogens (tertiary/aromatic N) is 1. The van der Waals surface area contributed by atoms with Crippen molar-refractivity contribution < 1.29 is 33.0 Å². The Kier molecular flexibility index (Phi) is 9.11. The molecule has 1 aromatic carbocycles. The number of hydrogen-bond acceptors (Lipinski definition) is 7. The maximum atomic E-state index is 13.4. The second-order valence-electron chi connectivity index (χ2n) is 8.39. The Labute approximate surface area is 198 Å². The first kappa shape index (κ1) is 26.8. The number of aryl methyl sites for hydroxylation is 1. The molecule has 0 saturated carbocycles. The molecule has 0 bridgehead atoms. The van der Waals surface area contributed by atoms with Crippen LogP contribution in [0.5, 0.6) is 11.5 Å². The first-order chi connectivity index (χ1) is 16.0. The quantitative estimate of drug-likeness (QED) is 0.549. The van der Waals surface area contributed by atoms with Crippen LogP contribution in [0.4, 0.5) is 4.39 Å². The number of ether oxygens (including phenoxy) is 3. The maximum Gasteiger partial charge on any atom is 0.328 e. The third kappa shape index (κ3) is 6.52. The summed E-state index contributed by atoms with van der Waals surface area (Å²) in [5.41, 5.74) is 1.41. The molecule has 1 aromatic heterocycles. The minimum absolute atomic E-state index is 0.129. The van der Waals surface area contributed by atoms with Crippen LogP contribution in [0.15, 0.2) is 30.5 Å². The van der Waals surface area contributed by atoms with Crippen molar-refractivity contribution in [2.24, 2.45) is 5.92 Å². The van der Waals surface area contributed by atoms with Crippen LogP contribution in [-0.2, 0) is 14.3 Å². The molecule has 0 unspecified atom stereocenters. The number of halogens is 1. The Bertz CT molecular complexity index is 1060. The molecule has 1 amide bonds. The minimum atomic E-state index is -1.02. The average molecular weight is 475 g/mol. The lowest BCUT2D eigenvalue weighted by atomic mass is 9.92. The number of rotatable bonds is 9. The van der Waals surface area contributed by atoms with E-state index in [1.54, 1.807) is 33.8 Å². The number of carbonyl (C=O) groups excluding carboxylic acids is 3. The molecule has 184 valence electrons. The van der Waals surface area contributed by atoms with Crippen molar-refractivity contribution in [2.45, 2.75) is 59.6 Å². The highest BCUT2D eigenvalue weighted by Crippen LogP contribution is 2.30. The highest BCUT2D eigenvalue weighted by molar-refractivity contribution is 5.98. The van der Waals surface area contributed by atoms with Gasteiger partial charge in [0.1, 0.15) is 18.0 Å². The predicted molar refractivity (Wildman–Crippen MR) is 123 cm³/mol. The van der Waals surface area contributed by atoms with Gasteiger partial charge in [-0.3, -0.25) is 9.59 Å². The van der Waals surface area contributed by atoms with E-state index in [0.717, 1.165) is 11.1 Å². The van der Waals surface area contributed by atoms with E-state index in [0.29, 0.717) is 0 Å². The van der Waals surface area contributed by atoms with Crippen LogP contribution in [0.3, 0.4) is 0 Å². The number of carbonyl (C=O) groups is 3. The molecular weight excluding hydrogens is 443 g/mol. The first-order valence-electron chi connectivity index (χ1n) is 11.0. The highest BCUT2D eigenvalue weighted by atomic mass is 19.1. The van der Waals surface area contributed by atoms with Crippen LogP contribution >= 0.6 is 0 Å². The SMILES string of the molecule is COc1ccnc(C(=O)N[C@@H](C)C(=O)O[C@@H](C)[C@@H](C)c2ccc(F)cc2C)c1OC(=O)C(C)C. The van der Waals surface area contributed by atoms with Crippen molar-refractivity contribution in [3.05, 3.63) is 53.1 Å². The number of pyridine rings is 1. The van der Waals surface area contributed by atoms with Gasteiger partial charge in [-0.05, 0) is 44.0 Å². The summed E-state index contributed by atoms with van der Waals surface area (Å²) in [4.78, 5) is 41.6. The van der Waals surface area contributed by atoms with E-state index in [1.165, 1.54) is 38.4 Å².